The summed E-state index contributed by atoms with van der Waals surface area (Å²) < 4.78 is 16.3. The SMILES string of the molecule is COc1ccc(OCC(=O)Nc2cc(-c3nc4ncccc4o3)ccc2Cl)cc1. The Labute approximate surface area is 171 Å². The number of halogens is 1. The van der Waals surface area contributed by atoms with Crippen LogP contribution in [-0.2, 0) is 4.79 Å². The normalized spacial score (nSPS) is 10.7. The number of nitrogens with one attached hydrogen (secondary N) is 1. The van der Waals surface area contributed by atoms with Crippen LogP contribution >= 0.6 is 11.6 Å². The van der Waals surface area contributed by atoms with Crippen molar-refractivity contribution in [3.63, 3.8) is 0 Å². The molecule has 0 saturated carbocycles. The van der Waals surface area contributed by atoms with Crippen molar-refractivity contribution in [2.24, 2.45) is 0 Å². The van der Waals surface area contributed by atoms with E-state index in [1.54, 1.807) is 67.9 Å². The Morgan fingerprint density at radius 1 is 1.14 bits per heavy atom. The maximum Gasteiger partial charge on any atom is 0.262 e. The highest BCUT2D eigenvalue weighted by molar-refractivity contribution is 6.33. The molecule has 146 valence electrons. The number of pyridine rings is 1. The lowest BCUT2D eigenvalue weighted by molar-refractivity contribution is -0.118. The number of hydrogen-bond donors (Lipinski definition) is 1. The predicted molar refractivity (Wildman–Crippen MR) is 109 cm³/mol. The lowest BCUT2D eigenvalue weighted by Gasteiger charge is -2.10. The van der Waals surface area contributed by atoms with Gasteiger partial charge in [-0.2, -0.15) is 4.98 Å². The second-order valence-corrected chi connectivity index (χ2v) is 6.46. The fraction of sp³-hybridized carbons (Fsp3) is 0.0952. The summed E-state index contributed by atoms with van der Waals surface area (Å²) in [6, 6.07) is 15.6. The Bertz CT molecular complexity index is 1130. The van der Waals surface area contributed by atoms with Crippen molar-refractivity contribution in [3.8, 4) is 23.0 Å². The van der Waals surface area contributed by atoms with Gasteiger partial charge < -0.3 is 19.2 Å². The summed E-state index contributed by atoms with van der Waals surface area (Å²) in [4.78, 5) is 20.8. The van der Waals surface area contributed by atoms with Gasteiger partial charge in [0.1, 0.15) is 11.5 Å². The number of benzene rings is 2. The molecular formula is C21H16ClN3O4. The molecule has 2 aromatic heterocycles. The van der Waals surface area contributed by atoms with Crippen LogP contribution in [0.3, 0.4) is 0 Å². The number of methoxy groups -OCH3 is 1. The van der Waals surface area contributed by atoms with Gasteiger partial charge in [-0.25, -0.2) is 4.98 Å². The van der Waals surface area contributed by atoms with Gasteiger partial charge in [0.15, 0.2) is 17.8 Å². The van der Waals surface area contributed by atoms with Crippen LogP contribution in [0, 0.1) is 0 Å². The Kier molecular flexibility index (Phi) is 5.31. The molecule has 4 aromatic rings. The quantitative estimate of drug-likeness (QED) is 0.502. The standard InChI is InChI=1S/C21H16ClN3O4/c1-27-14-5-7-15(8-6-14)28-12-19(26)24-17-11-13(4-9-16(17)22)21-25-20-18(29-21)3-2-10-23-20/h2-11H,12H2,1H3,(H,24,26). The Balaban J connectivity index is 1.46. The molecule has 2 heterocycles. The number of carbonyl (C=O) groups is 1. The molecule has 0 bridgehead atoms. The molecule has 29 heavy (non-hydrogen) atoms. The van der Waals surface area contributed by atoms with E-state index in [2.05, 4.69) is 15.3 Å². The van der Waals surface area contributed by atoms with Crippen LogP contribution in [0.5, 0.6) is 11.5 Å². The highest BCUT2D eigenvalue weighted by atomic mass is 35.5. The van der Waals surface area contributed by atoms with E-state index in [-0.39, 0.29) is 12.5 Å². The second-order valence-electron chi connectivity index (χ2n) is 6.05. The molecule has 0 spiro atoms. The van der Waals surface area contributed by atoms with Crippen molar-refractivity contribution in [1.82, 2.24) is 9.97 Å². The van der Waals surface area contributed by atoms with Crippen LogP contribution in [0.1, 0.15) is 0 Å². The number of fused-ring (bicyclic) bond motifs is 1. The van der Waals surface area contributed by atoms with Gasteiger partial charge in [0.25, 0.3) is 5.91 Å². The molecular weight excluding hydrogens is 394 g/mol. The topological polar surface area (TPSA) is 86.5 Å². The number of nitrogens with zero attached hydrogens (tertiary/aromatic N) is 2. The first-order valence-corrected chi connectivity index (χ1v) is 9.08. The molecule has 1 amide bonds. The largest absolute Gasteiger partial charge is 0.497 e. The Hall–Kier alpha value is -3.58. The zero-order valence-corrected chi connectivity index (χ0v) is 16.1. The van der Waals surface area contributed by atoms with E-state index in [0.29, 0.717) is 44.9 Å². The van der Waals surface area contributed by atoms with Gasteiger partial charge in [-0.1, -0.05) is 11.6 Å². The average molecular weight is 410 g/mol. The minimum atomic E-state index is -0.348. The van der Waals surface area contributed by atoms with E-state index in [4.69, 9.17) is 25.5 Å². The minimum absolute atomic E-state index is 0.167. The molecule has 8 heteroatoms. The van der Waals surface area contributed by atoms with Crippen LogP contribution in [0.25, 0.3) is 22.7 Å². The first-order valence-electron chi connectivity index (χ1n) is 8.70. The second kappa shape index (κ2) is 8.20. The summed E-state index contributed by atoms with van der Waals surface area (Å²) in [6.07, 6.45) is 1.64. The Morgan fingerprint density at radius 3 is 2.69 bits per heavy atom. The molecule has 0 aliphatic rings. The van der Waals surface area contributed by atoms with Crippen molar-refractivity contribution >= 4 is 34.4 Å². The zero-order valence-electron chi connectivity index (χ0n) is 15.4. The number of ether oxygens (including phenoxy) is 2. The third kappa shape index (κ3) is 4.30. The van der Waals surface area contributed by atoms with E-state index in [1.165, 1.54) is 0 Å². The number of amides is 1. The van der Waals surface area contributed by atoms with Gasteiger partial charge in [0, 0.05) is 11.8 Å². The van der Waals surface area contributed by atoms with Gasteiger partial charge in [-0.3, -0.25) is 4.79 Å². The first kappa shape index (κ1) is 18.8. The number of anilines is 1. The molecule has 4 rings (SSSR count). The molecule has 2 aromatic carbocycles. The number of carbonyl (C=O) groups excluding carboxylic acids is 1. The van der Waals surface area contributed by atoms with Gasteiger partial charge in [0.05, 0.1) is 17.8 Å². The smallest absolute Gasteiger partial charge is 0.262 e. The molecule has 1 N–H and O–H groups in total. The maximum absolute atomic E-state index is 12.3. The number of rotatable bonds is 6. The molecule has 0 unspecified atom stereocenters. The Morgan fingerprint density at radius 2 is 1.93 bits per heavy atom. The van der Waals surface area contributed by atoms with Crippen molar-refractivity contribution in [3.05, 3.63) is 65.8 Å². The molecule has 0 radical (unpaired) electrons. The summed E-state index contributed by atoms with van der Waals surface area (Å²) in [7, 11) is 1.58. The summed E-state index contributed by atoms with van der Waals surface area (Å²) in [5.41, 5.74) is 2.19. The molecule has 0 atom stereocenters. The number of hydrogen-bond acceptors (Lipinski definition) is 6. The fourth-order valence-electron chi connectivity index (χ4n) is 2.65. The summed E-state index contributed by atoms with van der Waals surface area (Å²) in [6.45, 7) is -0.167. The molecule has 0 aliphatic carbocycles. The van der Waals surface area contributed by atoms with E-state index >= 15 is 0 Å². The fourth-order valence-corrected chi connectivity index (χ4v) is 2.82. The first-order chi connectivity index (χ1) is 14.1. The van der Waals surface area contributed by atoms with Gasteiger partial charge in [-0.15, -0.1) is 0 Å². The lowest BCUT2D eigenvalue weighted by atomic mass is 10.2. The zero-order chi connectivity index (χ0) is 20.2. The third-order valence-electron chi connectivity index (χ3n) is 4.08. The average Bonchev–Trinajstić information content (AvgIpc) is 3.18. The van der Waals surface area contributed by atoms with E-state index in [9.17, 15) is 4.79 Å². The maximum atomic E-state index is 12.3. The van der Waals surface area contributed by atoms with Crippen molar-refractivity contribution in [2.45, 2.75) is 0 Å². The molecule has 0 fully saturated rings. The van der Waals surface area contributed by atoms with Crippen molar-refractivity contribution in [2.75, 3.05) is 19.0 Å². The summed E-state index contributed by atoms with van der Waals surface area (Å²) in [5.74, 6) is 1.30. The minimum Gasteiger partial charge on any atom is -0.497 e. The van der Waals surface area contributed by atoms with Crippen LogP contribution in [0.2, 0.25) is 5.02 Å². The van der Waals surface area contributed by atoms with Gasteiger partial charge in [-0.05, 0) is 54.6 Å². The van der Waals surface area contributed by atoms with E-state index in [0.717, 1.165) is 0 Å². The molecule has 7 nitrogen and oxygen atoms in total. The van der Waals surface area contributed by atoms with Crippen LogP contribution in [-0.4, -0.2) is 29.6 Å². The number of aromatic nitrogens is 2. The van der Waals surface area contributed by atoms with Crippen molar-refractivity contribution in [1.29, 1.82) is 0 Å². The molecule has 0 aliphatic heterocycles. The highest BCUT2D eigenvalue weighted by Gasteiger charge is 2.13. The lowest BCUT2D eigenvalue weighted by Crippen LogP contribution is -2.20. The summed E-state index contributed by atoms with van der Waals surface area (Å²) >= 11 is 6.22. The summed E-state index contributed by atoms with van der Waals surface area (Å²) in [5, 5.41) is 3.13. The van der Waals surface area contributed by atoms with Crippen LogP contribution < -0.4 is 14.8 Å². The predicted octanol–water partition coefficient (Wildman–Crippen LogP) is 4.57. The molecule has 0 saturated heterocycles. The van der Waals surface area contributed by atoms with Gasteiger partial charge >= 0.3 is 0 Å². The monoisotopic (exact) mass is 409 g/mol. The number of oxazole rings is 1. The van der Waals surface area contributed by atoms with Crippen LogP contribution in [0.15, 0.2) is 65.2 Å². The van der Waals surface area contributed by atoms with Gasteiger partial charge in [0.2, 0.25) is 5.89 Å². The highest BCUT2D eigenvalue weighted by Crippen LogP contribution is 2.30. The van der Waals surface area contributed by atoms with E-state index in [1.807, 2.05) is 0 Å². The van der Waals surface area contributed by atoms with E-state index < -0.39 is 0 Å². The van der Waals surface area contributed by atoms with Crippen LogP contribution in [0.4, 0.5) is 5.69 Å². The third-order valence-corrected chi connectivity index (χ3v) is 4.41. The van der Waals surface area contributed by atoms with Crippen molar-refractivity contribution < 1.29 is 18.7 Å².